The summed E-state index contributed by atoms with van der Waals surface area (Å²) >= 11 is 0. The lowest BCUT2D eigenvalue weighted by Gasteiger charge is -2.36. The molecule has 1 N–H and O–H groups in total. The summed E-state index contributed by atoms with van der Waals surface area (Å²) in [5.41, 5.74) is 1.55. The third-order valence-corrected chi connectivity index (χ3v) is 4.97. The zero-order valence-electron chi connectivity index (χ0n) is 15.8. The van der Waals surface area contributed by atoms with Gasteiger partial charge in [-0.3, -0.25) is 4.79 Å². The van der Waals surface area contributed by atoms with Crippen LogP contribution in [0.3, 0.4) is 0 Å². The van der Waals surface area contributed by atoms with E-state index in [0.717, 1.165) is 18.8 Å². The first kappa shape index (κ1) is 18.9. The number of hydrogen-bond acceptors (Lipinski definition) is 5. The Bertz CT molecular complexity index is 787. The average molecular weight is 367 g/mol. The molecule has 27 heavy (non-hydrogen) atoms. The quantitative estimate of drug-likeness (QED) is 0.812. The fourth-order valence-electron chi connectivity index (χ4n) is 3.43. The highest BCUT2D eigenvalue weighted by atomic mass is 16.5. The van der Waals surface area contributed by atoms with Gasteiger partial charge in [0.1, 0.15) is 5.82 Å². The Labute approximate surface area is 159 Å². The number of aromatic nitrogens is 1. The molecule has 0 aliphatic carbocycles. The Balaban J connectivity index is 1.66. The zero-order valence-corrected chi connectivity index (χ0v) is 15.8. The van der Waals surface area contributed by atoms with Crippen molar-refractivity contribution in [1.29, 1.82) is 0 Å². The molecule has 6 nitrogen and oxygen atoms in total. The number of amides is 1. The van der Waals surface area contributed by atoms with Crippen molar-refractivity contribution < 1.29 is 14.3 Å². The Kier molecular flexibility index (Phi) is 6.06. The Morgan fingerprint density at radius 2 is 1.89 bits per heavy atom. The number of carbonyl (C=O) groups excluding carboxylic acids is 2. The maximum atomic E-state index is 12.4. The van der Waals surface area contributed by atoms with Gasteiger partial charge in [-0.15, -0.1) is 0 Å². The summed E-state index contributed by atoms with van der Waals surface area (Å²) in [6.07, 6.45) is 6.37. The van der Waals surface area contributed by atoms with Crippen LogP contribution in [0.25, 0.3) is 0 Å². The summed E-state index contributed by atoms with van der Waals surface area (Å²) < 4.78 is 4.66. The van der Waals surface area contributed by atoms with E-state index in [2.05, 4.69) is 26.9 Å². The van der Waals surface area contributed by atoms with E-state index in [9.17, 15) is 9.59 Å². The van der Waals surface area contributed by atoms with Gasteiger partial charge in [-0.25, -0.2) is 9.78 Å². The standard InChI is InChI=1S/C21H25N3O3/c1-3-18-6-4-5-13-24(18)19-12-9-16(14-22-19)20(25)23-17-10-7-15(8-11-17)21(26)27-2/h7-12,14,18H,3-6,13H2,1-2H3,(H,23,25). The highest BCUT2D eigenvalue weighted by Gasteiger charge is 2.22. The highest BCUT2D eigenvalue weighted by Crippen LogP contribution is 2.25. The van der Waals surface area contributed by atoms with Gasteiger partial charge < -0.3 is 15.0 Å². The minimum atomic E-state index is -0.407. The maximum Gasteiger partial charge on any atom is 0.337 e. The third kappa shape index (κ3) is 4.45. The third-order valence-electron chi connectivity index (χ3n) is 4.97. The Morgan fingerprint density at radius 1 is 1.15 bits per heavy atom. The van der Waals surface area contributed by atoms with E-state index in [0.29, 0.717) is 22.9 Å². The van der Waals surface area contributed by atoms with E-state index in [1.807, 2.05) is 12.1 Å². The molecule has 2 aromatic rings. The van der Waals surface area contributed by atoms with Crippen LogP contribution in [0.5, 0.6) is 0 Å². The molecule has 1 aliphatic heterocycles. The molecule has 6 heteroatoms. The number of nitrogens with zero attached hydrogens (tertiary/aromatic N) is 2. The number of ether oxygens (including phenoxy) is 1. The fourth-order valence-corrected chi connectivity index (χ4v) is 3.43. The van der Waals surface area contributed by atoms with E-state index in [4.69, 9.17) is 0 Å². The molecular formula is C21H25N3O3. The van der Waals surface area contributed by atoms with Gasteiger partial charge in [0.05, 0.1) is 18.2 Å². The second kappa shape index (κ2) is 8.66. The van der Waals surface area contributed by atoms with E-state index in [1.54, 1.807) is 30.5 Å². The number of benzene rings is 1. The monoisotopic (exact) mass is 367 g/mol. The fraction of sp³-hybridized carbons (Fsp3) is 0.381. The van der Waals surface area contributed by atoms with Crippen LogP contribution >= 0.6 is 0 Å². The molecule has 1 saturated heterocycles. The van der Waals surface area contributed by atoms with Crippen molar-refractivity contribution in [2.75, 3.05) is 23.9 Å². The molecule has 2 heterocycles. The van der Waals surface area contributed by atoms with E-state index < -0.39 is 5.97 Å². The first-order valence-corrected chi connectivity index (χ1v) is 9.34. The summed E-state index contributed by atoms with van der Waals surface area (Å²) in [6.45, 7) is 3.22. The smallest absolute Gasteiger partial charge is 0.337 e. The summed E-state index contributed by atoms with van der Waals surface area (Å²) in [7, 11) is 1.33. The van der Waals surface area contributed by atoms with Crippen molar-refractivity contribution in [3.05, 3.63) is 53.7 Å². The number of anilines is 2. The molecule has 3 rings (SSSR count). The van der Waals surface area contributed by atoms with Crippen molar-refractivity contribution in [1.82, 2.24) is 4.98 Å². The molecular weight excluding hydrogens is 342 g/mol. The van der Waals surface area contributed by atoms with E-state index in [1.165, 1.54) is 26.4 Å². The Hall–Kier alpha value is -2.89. The van der Waals surface area contributed by atoms with Crippen molar-refractivity contribution in [3.63, 3.8) is 0 Å². The van der Waals surface area contributed by atoms with Gasteiger partial charge in [-0.2, -0.15) is 0 Å². The topological polar surface area (TPSA) is 71.5 Å². The normalized spacial score (nSPS) is 16.7. The molecule has 1 aromatic heterocycles. The molecule has 1 amide bonds. The summed E-state index contributed by atoms with van der Waals surface area (Å²) in [4.78, 5) is 30.8. The highest BCUT2D eigenvalue weighted by molar-refractivity contribution is 6.04. The van der Waals surface area contributed by atoms with Crippen LogP contribution in [0.15, 0.2) is 42.6 Å². The Morgan fingerprint density at radius 3 is 2.52 bits per heavy atom. The summed E-state index contributed by atoms with van der Waals surface area (Å²) in [5, 5.41) is 2.82. The number of nitrogens with one attached hydrogen (secondary N) is 1. The maximum absolute atomic E-state index is 12.4. The molecule has 0 spiro atoms. The predicted molar refractivity (Wildman–Crippen MR) is 105 cm³/mol. The number of rotatable bonds is 5. The minimum Gasteiger partial charge on any atom is -0.465 e. The van der Waals surface area contributed by atoms with Crippen LogP contribution in [0.2, 0.25) is 0 Å². The SMILES string of the molecule is CCC1CCCCN1c1ccc(C(=O)Nc2ccc(C(=O)OC)cc2)cn1. The number of carbonyl (C=O) groups is 2. The number of pyridine rings is 1. The summed E-state index contributed by atoms with van der Waals surface area (Å²) in [6, 6.07) is 10.8. The molecule has 1 fully saturated rings. The molecule has 0 saturated carbocycles. The van der Waals surface area contributed by atoms with Crippen LogP contribution in [-0.4, -0.2) is 36.6 Å². The predicted octanol–water partition coefficient (Wildman–Crippen LogP) is 3.89. The van der Waals surface area contributed by atoms with Gasteiger partial charge in [-0.05, 0) is 62.1 Å². The van der Waals surface area contributed by atoms with Gasteiger partial charge >= 0.3 is 5.97 Å². The second-order valence-corrected chi connectivity index (χ2v) is 6.68. The molecule has 0 bridgehead atoms. The zero-order chi connectivity index (χ0) is 19.2. The molecule has 1 aliphatic rings. The van der Waals surface area contributed by atoms with Crippen molar-refractivity contribution in [3.8, 4) is 0 Å². The second-order valence-electron chi connectivity index (χ2n) is 6.68. The number of hydrogen-bond donors (Lipinski definition) is 1. The van der Waals surface area contributed by atoms with Crippen molar-refractivity contribution >= 4 is 23.4 Å². The first-order chi connectivity index (χ1) is 13.1. The number of esters is 1. The van der Waals surface area contributed by atoms with E-state index >= 15 is 0 Å². The molecule has 1 aromatic carbocycles. The van der Waals surface area contributed by atoms with E-state index in [-0.39, 0.29) is 5.91 Å². The molecule has 142 valence electrons. The largest absolute Gasteiger partial charge is 0.465 e. The van der Waals surface area contributed by atoms with Crippen LogP contribution in [0, 0.1) is 0 Å². The van der Waals surface area contributed by atoms with Crippen LogP contribution < -0.4 is 10.2 Å². The lowest BCUT2D eigenvalue weighted by molar-refractivity contribution is 0.0600. The lowest BCUT2D eigenvalue weighted by atomic mass is 10.00. The molecule has 0 radical (unpaired) electrons. The number of piperidine rings is 1. The lowest BCUT2D eigenvalue weighted by Crippen LogP contribution is -2.39. The molecule has 1 unspecified atom stereocenters. The van der Waals surface area contributed by atoms with Gasteiger partial charge in [0.2, 0.25) is 0 Å². The molecule has 1 atom stereocenters. The van der Waals surface area contributed by atoms with Crippen LogP contribution in [0.4, 0.5) is 11.5 Å². The number of methoxy groups -OCH3 is 1. The van der Waals surface area contributed by atoms with Crippen molar-refractivity contribution in [2.45, 2.75) is 38.6 Å². The van der Waals surface area contributed by atoms with Gasteiger partial charge in [-0.1, -0.05) is 6.92 Å². The van der Waals surface area contributed by atoms with Gasteiger partial charge in [0.15, 0.2) is 0 Å². The summed E-state index contributed by atoms with van der Waals surface area (Å²) in [5.74, 6) is 0.293. The minimum absolute atomic E-state index is 0.231. The average Bonchev–Trinajstić information content (AvgIpc) is 2.73. The van der Waals surface area contributed by atoms with Crippen molar-refractivity contribution in [2.24, 2.45) is 0 Å². The van der Waals surface area contributed by atoms with Gasteiger partial charge in [0.25, 0.3) is 5.91 Å². The van der Waals surface area contributed by atoms with Crippen LogP contribution in [-0.2, 0) is 4.74 Å². The van der Waals surface area contributed by atoms with Crippen LogP contribution in [0.1, 0.15) is 53.3 Å². The van der Waals surface area contributed by atoms with Gasteiger partial charge in [0, 0.05) is 24.5 Å². The first-order valence-electron chi connectivity index (χ1n) is 9.34.